The molecular weight excluding hydrogens is 270 g/mol. The molecule has 0 bridgehead atoms. The molecule has 19 heavy (non-hydrogen) atoms. The van der Waals surface area contributed by atoms with Gasteiger partial charge in [0, 0.05) is 19.3 Å². The standard InChI is InChI=1S/C10H17N5O3S/c1-2-14-6-8(9(11)13-14)19(17,18)15-5-3-4-7(15)10(12)16/h6-7H,2-5H2,1H3,(H2,11,13)(H2,12,16). The molecule has 0 aromatic carbocycles. The van der Waals surface area contributed by atoms with Gasteiger partial charge in [-0.1, -0.05) is 0 Å². The second kappa shape index (κ2) is 4.82. The topological polar surface area (TPSA) is 124 Å². The van der Waals surface area contributed by atoms with Crippen LogP contribution in [0.15, 0.2) is 11.1 Å². The molecule has 1 aliphatic rings. The number of anilines is 1. The molecule has 8 nitrogen and oxygen atoms in total. The van der Waals surface area contributed by atoms with Crippen molar-refractivity contribution in [2.24, 2.45) is 5.73 Å². The number of primary amides is 1. The van der Waals surface area contributed by atoms with E-state index in [1.807, 2.05) is 6.92 Å². The summed E-state index contributed by atoms with van der Waals surface area (Å²) in [5.41, 5.74) is 10.9. The summed E-state index contributed by atoms with van der Waals surface area (Å²) in [5, 5.41) is 3.91. The molecule has 1 aromatic rings. The van der Waals surface area contributed by atoms with Crippen molar-refractivity contribution in [3.63, 3.8) is 0 Å². The fourth-order valence-electron chi connectivity index (χ4n) is 2.22. The van der Waals surface area contributed by atoms with Crippen LogP contribution in [0.2, 0.25) is 0 Å². The van der Waals surface area contributed by atoms with Crippen molar-refractivity contribution < 1.29 is 13.2 Å². The van der Waals surface area contributed by atoms with Gasteiger partial charge in [0.15, 0.2) is 5.82 Å². The van der Waals surface area contributed by atoms with Gasteiger partial charge in [-0.3, -0.25) is 9.48 Å². The third kappa shape index (κ3) is 2.30. The number of amides is 1. The minimum Gasteiger partial charge on any atom is -0.381 e. The maximum absolute atomic E-state index is 12.5. The number of aromatic nitrogens is 2. The number of nitrogen functional groups attached to an aromatic ring is 1. The molecule has 9 heteroatoms. The number of carbonyl (C=O) groups is 1. The predicted molar refractivity (Wildman–Crippen MR) is 68.4 cm³/mol. The second-order valence-electron chi connectivity index (χ2n) is 4.41. The molecule has 1 fully saturated rings. The van der Waals surface area contributed by atoms with Crippen LogP contribution < -0.4 is 11.5 Å². The Labute approximate surface area is 111 Å². The van der Waals surface area contributed by atoms with Crippen LogP contribution in [0, 0.1) is 0 Å². The number of aryl methyl sites for hydroxylation is 1. The van der Waals surface area contributed by atoms with Gasteiger partial charge < -0.3 is 11.5 Å². The van der Waals surface area contributed by atoms with E-state index in [-0.39, 0.29) is 17.3 Å². The third-order valence-electron chi connectivity index (χ3n) is 3.20. The first-order chi connectivity index (χ1) is 8.87. The molecule has 1 amide bonds. The molecule has 0 aliphatic carbocycles. The predicted octanol–water partition coefficient (Wildman–Crippen LogP) is -0.876. The van der Waals surface area contributed by atoms with Crippen LogP contribution in [-0.2, 0) is 21.4 Å². The van der Waals surface area contributed by atoms with E-state index in [2.05, 4.69) is 5.10 Å². The Balaban J connectivity index is 2.41. The van der Waals surface area contributed by atoms with Crippen molar-refractivity contribution in [1.82, 2.24) is 14.1 Å². The zero-order valence-corrected chi connectivity index (χ0v) is 11.4. The van der Waals surface area contributed by atoms with Crippen LogP contribution in [0.1, 0.15) is 19.8 Å². The highest BCUT2D eigenvalue weighted by Crippen LogP contribution is 2.28. The summed E-state index contributed by atoms with van der Waals surface area (Å²) < 4.78 is 27.5. The van der Waals surface area contributed by atoms with E-state index in [1.54, 1.807) is 0 Å². The molecule has 1 aromatic heterocycles. The Morgan fingerprint density at radius 1 is 1.58 bits per heavy atom. The van der Waals surface area contributed by atoms with E-state index in [4.69, 9.17) is 11.5 Å². The summed E-state index contributed by atoms with van der Waals surface area (Å²) in [7, 11) is -3.83. The average Bonchev–Trinajstić information content (AvgIpc) is 2.94. The lowest BCUT2D eigenvalue weighted by Gasteiger charge is -2.20. The molecule has 1 unspecified atom stereocenters. The number of sulfonamides is 1. The highest BCUT2D eigenvalue weighted by Gasteiger charge is 2.40. The average molecular weight is 287 g/mol. The van der Waals surface area contributed by atoms with Crippen molar-refractivity contribution in [1.29, 1.82) is 0 Å². The number of hydrogen-bond donors (Lipinski definition) is 2. The first kappa shape index (κ1) is 13.8. The lowest BCUT2D eigenvalue weighted by molar-refractivity contribution is -0.121. The summed E-state index contributed by atoms with van der Waals surface area (Å²) in [6, 6.07) is -0.797. The smallest absolute Gasteiger partial charge is 0.249 e. The Morgan fingerprint density at radius 2 is 2.26 bits per heavy atom. The Morgan fingerprint density at radius 3 is 2.79 bits per heavy atom. The van der Waals surface area contributed by atoms with Gasteiger partial charge in [-0.05, 0) is 19.8 Å². The van der Waals surface area contributed by atoms with Gasteiger partial charge in [0.05, 0.1) is 0 Å². The lowest BCUT2D eigenvalue weighted by Crippen LogP contribution is -2.43. The highest BCUT2D eigenvalue weighted by atomic mass is 32.2. The van der Waals surface area contributed by atoms with Gasteiger partial charge in [-0.25, -0.2) is 8.42 Å². The lowest BCUT2D eigenvalue weighted by atomic mass is 10.2. The number of rotatable bonds is 4. The van der Waals surface area contributed by atoms with Crippen LogP contribution in [0.5, 0.6) is 0 Å². The first-order valence-electron chi connectivity index (χ1n) is 6.02. The van der Waals surface area contributed by atoms with Crippen LogP contribution >= 0.6 is 0 Å². The fraction of sp³-hybridized carbons (Fsp3) is 0.600. The van der Waals surface area contributed by atoms with Gasteiger partial charge in [0.1, 0.15) is 10.9 Å². The summed E-state index contributed by atoms with van der Waals surface area (Å²) in [6.07, 6.45) is 2.42. The molecule has 2 heterocycles. The SMILES string of the molecule is CCn1cc(S(=O)(=O)N2CCCC2C(N)=O)c(N)n1. The largest absolute Gasteiger partial charge is 0.381 e. The van der Waals surface area contributed by atoms with Crippen LogP contribution in [0.3, 0.4) is 0 Å². The summed E-state index contributed by atoms with van der Waals surface area (Å²) >= 11 is 0. The zero-order chi connectivity index (χ0) is 14.2. The maximum Gasteiger partial charge on any atom is 0.249 e. The maximum atomic E-state index is 12.5. The molecule has 2 rings (SSSR count). The van der Waals surface area contributed by atoms with E-state index in [0.29, 0.717) is 19.4 Å². The number of hydrogen-bond acceptors (Lipinski definition) is 5. The van der Waals surface area contributed by atoms with Crippen molar-refractivity contribution in [3.05, 3.63) is 6.20 Å². The second-order valence-corrected chi connectivity index (χ2v) is 6.27. The van der Waals surface area contributed by atoms with Gasteiger partial charge in [-0.15, -0.1) is 0 Å². The zero-order valence-electron chi connectivity index (χ0n) is 10.6. The minimum atomic E-state index is -3.83. The van der Waals surface area contributed by atoms with E-state index in [9.17, 15) is 13.2 Å². The van der Waals surface area contributed by atoms with E-state index < -0.39 is 22.0 Å². The molecule has 0 radical (unpaired) electrons. The van der Waals surface area contributed by atoms with Gasteiger partial charge in [0.25, 0.3) is 0 Å². The monoisotopic (exact) mass is 287 g/mol. The molecule has 1 saturated heterocycles. The van der Waals surface area contributed by atoms with Crippen molar-refractivity contribution in [2.45, 2.75) is 37.2 Å². The molecule has 1 aliphatic heterocycles. The Hall–Kier alpha value is -1.61. The van der Waals surface area contributed by atoms with Crippen molar-refractivity contribution >= 4 is 21.7 Å². The molecule has 4 N–H and O–H groups in total. The molecule has 1 atom stereocenters. The van der Waals surface area contributed by atoms with Gasteiger partial charge in [-0.2, -0.15) is 9.40 Å². The van der Waals surface area contributed by atoms with Crippen LogP contribution in [0.4, 0.5) is 5.82 Å². The number of carbonyl (C=O) groups excluding carboxylic acids is 1. The quantitative estimate of drug-likeness (QED) is 0.744. The highest BCUT2D eigenvalue weighted by molar-refractivity contribution is 7.89. The van der Waals surface area contributed by atoms with Gasteiger partial charge >= 0.3 is 0 Å². The van der Waals surface area contributed by atoms with Crippen LogP contribution in [0.25, 0.3) is 0 Å². The normalized spacial score (nSPS) is 20.8. The van der Waals surface area contributed by atoms with E-state index in [0.717, 1.165) is 4.31 Å². The van der Waals surface area contributed by atoms with Crippen LogP contribution in [-0.4, -0.2) is 41.0 Å². The number of nitrogens with zero attached hydrogens (tertiary/aromatic N) is 3. The van der Waals surface area contributed by atoms with Crippen molar-refractivity contribution in [2.75, 3.05) is 12.3 Å². The molecule has 0 saturated carbocycles. The Bertz CT molecular complexity index is 594. The van der Waals surface area contributed by atoms with Crippen molar-refractivity contribution in [3.8, 4) is 0 Å². The molecular formula is C10H17N5O3S. The van der Waals surface area contributed by atoms with Gasteiger partial charge in [0.2, 0.25) is 15.9 Å². The molecule has 0 spiro atoms. The van der Waals surface area contributed by atoms with E-state index in [1.165, 1.54) is 10.9 Å². The minimum absolute atomic E-state index is 0.0584. The first-order valence-corrected chi connectivity index (χ1v) is 7.46. The summed E-state index contributed by atoms with van der Waals surface area (Å²) in [6.45, 7) is 2.61. The Kier molecular flexibility index (Phi) is 3.50. The van der Waals surface area contributed by atoms with E-state index >= 15 is 0 Å². The fourth-order valence-corrected chi connectivity index (χ4v) is 3.94. The number of nitrogens with two attached hydrogens (primary N) is 2. The third-order valence-corrected chi connectivity index (χ3v) is 5.12. The summed E-state index contributed by atoms with van der Waals surface area (Å²) in [5.74, 6) is -0.695. The molecule has 106 valence electrons. The summed E-state index contributed by atoms with van der Waals surface area (Å²) in [4.78, 5) is 11.2.